The summed E-state index contributed by atoms with van der Waals surface area (Å²) < 4.78 is 69.6. The lowest BCUT2D eigenvalue weighted by molar-refractivity contribution is -0.193. The molecule has 0 bridgehead atoms. The predicted molar refractivity (Wildman–Crippen MR) is 124 cm³/mol. The highest BCUT2D eigenvalue weighted by Gasteiger charge is 2.38. The topological polar surface area (TPSA) is 100.0 Å². The summed E-state index contributed by atoms with van der Waals surface area (Å²) in [7, 11) is 0. The van der Waals surface area contributed by atoms with Crippen LogP contribution < -0.4 is 4.74 Å². The van der Waals surface area contributed by atoms with E-state index in [9.17, 15) is 26.3 Å². The molecule has 1 aliphatic heterocycles. The van der Waals surface area contributed by atoms with E-state index in [0.29, 0.717) is 6.10 Å². The maximum atomic E-state index is 10.6. The van der Waals surface area contributed by atoms with Crippen LogP contribution in [-0.2, 0) is 16.0 Å². The third-order valence-electron chi connectivity index (χ3n) is 4.98. The Morgan fingerprint density at radius 3 is 1.95 bits per heavy atom. The van der Waals surface area contributed by atoms with Crippen LogP contribution in [0.3, 0.4) is 0 Å². The average molecular weight is 559 g/mol. The molecule has 14 heteroatoms. The molecule has 0 atom stereocenters. The minimum Gasteiger partial charge on any atom is -0.490 e. The number of hydrogen-bond donors (Lipinski definition) is 2. The fourth-order valence-corrected chi connectivity index (χ4v) is 4.06. The summed E-state index contributed by atoms with van der Waals surface area (Å²) >= 11 is 1.81. The van der Waals surface area contributed by atoms with Gasteiger partial charge in [0.15, 0.2) is 0 Å². The number of aliphatic carboxylic acids is 2. The Balaban J connectivity index is 0.000000404. The normalized spacial score (nSPS) is 14.6. The Morgan fingerprint density at radius 2 is 1.54 bits per heavy atom. The summed E-state index contributed by atoms with van der Waals surface area (Å²) in [5, 5.41) is 15.4. The molecule has 3 rings (SSSR count). The standard InChI is InChI=1S/C19H26N2OS.2C2HF3O2/c1-14-5-4-6-18(13-14)22-17-7-10-21(11-8-17)12-9-19-15(2)23-16(3)20-19;2*3-2(4,5)1(6)7/h4-6,13,17H,7-12H2,1-3H3;2*(H,6,7). The first-order valence-corrected chi connectivity index (χ1v) is 11.8. The van der Waals surface area contributed by atoms with Gasteiger partial charge in [-0.1, -0.05) is 12.1 Å². The Labute approximate surface area is 213 Å². The molecular formula is C23H28F6N2O5S. The average Bonchev–Trinajstić information content (AvgIpc) is 3.09. The van der Waals surface area contributed by atoms with Crippen LogP contribution in [0.2, 0.25) is 0 Å². The summed E-state index contributed by atoms with van der Waals surface area (Å²) in [5.41, 5.74) is 2.54. The number of carboxylic acid groups (broad SMARTS) is 2. The second-order valence-corrected chi connectivity index (χ2v) is 9.47. The van der Waals surface area contributed by atoms with E-state index in [1.165, 1.54) is 21.1 Å². The number of alkyl halides is 6. The molecule has 1 aromatic heterocycles. The minimum absolute atomic E-state index is 0.358. The van der Waals surface area contributed by atoms with Crippen molar-refractivity contribution in [2.45, 2.75) is 58.5 Å². The highest BCUT2D eigenvalue weighted by atomic mass is 32.1. The van der Waals surface area contributed by atoms with Crippen molar-refractivity contribution in [1.29, 1.82) is 0 Å². The molecular weight excluding hydrogens is 530 g/mol. The number of carboxylic acids is 2. The Kier molecular flexibility index (Phi) is 12.3. The van der Waals surface area contributed by atoms with Crippen LogP contribution >= 0.6 is 11.3 Å². The van der Waals surface area contributed by atoms with Crippen LogP contribution in [0.15, 0.2) is 24.3 Å². The van der Waals surface area contributed by atoms with Crippen molar-refractivity contribution in [3.63, 3.8) is 0 Å². The van der Waals surface area contributed by atoms with Crippen LogP contribution in [0.25, 0.3) is 0 Å². The molecule has 0 spiro atoms. The summed E-state index contributed by atoms with van der Waals surface area (Å²) in [6.07, 6.45) is -6.51. The summed E-state index contributed by atoms with van der Waals surface area (Å²) in [6, 6.07) is 8.36. The van der Waals surface area contributed by atoms with Gasteiger partial charge in [-0.15, -0.1) is 11.3 Å². The number of benzene rings is 1. The van der Waals surface area contributed by atoms with E-state index in [-0.39, 0.29) is 0 Å². The van der Waals surface area contributed by atoms with Crippen molar-refractivity contribution in [3.8, 4) is 5.75 Å². The molecule has 2 N–H and O–H groups in total. The molecule has 0 aliphatic carbocycles. The lowest BCUT2D eigenvalue weighted by Gasteiger charge is -2.32. The number of hydrogen-bond acceptors (Lipinski definition) is 6. The first-order valence-electron chi connectivity index (χ1n) is 11.0. The number of aromatic nitrogens is 1. The maximum Gasteiger partial charge on any atom is 0.490 e. The van der Waals surface area contributed by atoms with Gasteiger partial charge >= 0.3 is 24.3 Å². The first kappa shape index (κ1) is 32.2. The number of piperidine rings is 1. The molecule has 1 aromatic carbocycles. The molecule has 0 amide bonds. The number of nitrogens with zero attached hydrogens (tertiary/aromatic N) is 2. The SMILES string of the molecule is Cc1cccc(OC2CCN(CCc3nc(C)sc3C)CC2)c1.O=C(O)C(F)(F)F.O=C(O)C(F)(F)F. The van der Waals surface area contributed by atoms with Crippen LogP contribution in [0.1, 0.15) is 34.0 Å². The lowest BCUT2D eigenvalue weighted by atomic mass is 10.1. The van der Waals surface area contributed by atoms with Crippen molar-refractivity contribution >= 4 is 23.3 Å². The Morgan fingerprint density at radius 1 is 1.03 bits per heavy atom. The Hall–Kier alpha value is -2.87. The quantitative estimate of drug-likeness (QED) is 0.473. The van der Waals surface area contributed by atoms with Crippen LogP contribution in [0.4, 0.5) is 26.3 Å². The summed E-state index contributed by atoms with van der Waals surface area (Å²) in [5.74, 6) is -4.50. The molecule has 0 saturated carbocycles. The van der Waals surface area contributed by atoms with Crippen LogP contribution in [0.5, 0.6) is 5.75 Å². The summed E-state index contributed by atoms with van der Waals surface area (Å²) in [4.78, 5) is 26.4. The highest BCUT2D eigenvalue weighted by molar-refractivity contribution is 7.11. The van der Waals surface area contributed by atoms with Gasteiger partial charge in [0.25, 0.3) is 0 Å². The van der Waals surface area contributed by atoms with Crippen LogP contribution in [-0.4, -0.2) is 70.1 Å². The molecule has 1 saturated heterocycles. The zero-order valence-corrected chi connectivity index (χ0v) is 21.1. The van der Waals surface area contributed by atoms with Gasteiger partial charge in [0.2, 0.25) is 0 Å². The molecule has 37 heavy (non-hydrogen) atoms. The zero-order chi connectivity index (χ0) is 28.4. The van der Waals surface area contributed by atoms with Gasteiger partial charge in [-0.05, 0) is 51.3 Å². The molecule has 0 unspecified atom stereocenters. The monoisotopic (exact) mass is 558 g/mol. The third kappa shape index (κ3) is 12.8. The van der Waals surface area contributed by atoms with Gasteiger partial charge in [0.05, 0.1) is 10.7 Å². The highest BCUT2D eigenvalue weighted by Crippen LogP contribution is 2.21. The van der Waals surface area contributed by atoms with Crippen molar-refractivity contribution < 1.29 is 50.9 Å². The van der Waals surface area contributed by atoms with E-state index in [2.05, 4.69) is 54.9 Å². The number of thiazole rings is 1. The lowest BCUT2D eigenvalue weighted by Crippen LogP contribution is -2.39. The van der Waals surface area contributed by atoms with E-state index < -0.39 is 24.3 Å². The summed E-state index contributed by atoms with van der Waals surface area (Å²) in [6.45, 7) is 9.74. The maximum absolute atomic E-state index is 10.6. The van der Waals surface area contributed by atoms with Crippen LogP contribution in [0, 0.1) is 20.8 Å². The van der Waals surface area contributed by atoms with Crippen molar-refractivity contribution in [3.05, 3.63) is 45.4 Å². The molecule has 7 nitrogen and oxygen atoms in total. The second-order valence-electron chi connectivity index (χ2n) is 8.07. The first-order chi connectivity index (χ1) is 17.0. The molecule has 208 valence electrons. The third-order valence-corrected chi connectivity index (χ3v) is 5.90. The van der Waals surface area contributed by atoms with Gasteiger partial charge < -0.3 is 19.8 Å². The minimum atomic E-state index is -5.08. The smallest absolute Gasteiger partial charge is 0.490 e. The van der Waals surface area contributed by atoms with E-state index in [0.717, 1.165) is 44.6 Å². The van der Waals surface area contributed by atoms with Gasteiger partial charge in [0.1, 0.15) is 11.9 Å². The number of aryl methyl sites for hydroxylation is 3. The second kappa shape index (κ2) is 14.2. The van der Waals surface area contributed by atoms with E-state index in [4.69, 9.17) is 24.5 Å². The van der Waals surface area contributed by atoms with Crippen molar-refractivity contribution in [1.82, 2.24) is 9.88 Å². The molecule has 0 radical (unpaired) electrons. The van der Waals surface area contributed by atoms with Crippen molar-refractivity contribution in [2.75, 3.05) is 19.6 Å². The van der Waals surface area contributed by atoms with Gasteiger partial charge in [-0.3, -0.25) is 0 Å². The number of halogens is 6. The van der Waals surface area contributed by atoms with Crippen molar-refractivity contribution in [2.24, 2.45) is 0 Å². The number of rotatable bonds is 5. The predicted octanol–water partition coefficient (Wildman–Crippen LogP) is 5.42. The molecule has 1 aliphatic rings. The van der Waals surface area contributed by atoms with E-state index in [1.807, 2.05) is 11.3 Å². The largest absolute Gasteiger partial charge is 0.490 e. The fourth-order valence-electron chi connectivity index (χ4n) is 3.20. The zero-order valence-electron chi connectivity index (χ0n) is 20.3. The van der Waals surface area contributed by atoms with Gasteiger partial charge in [0, 0.05) is 30.9 Å². The van der Waals surface area contributed by atoms with Gasteiger partial charge in [-0.2, -0.15) is 26.3 Å². The molecule has 2 aromatic rings. The van der Waals surface area contributed by atoms with Gasteiger partial charge in [-0.25, -0.2) is 14.6 Å². The molecule has 2 heterocycles. The van der Waals surface area contributed by atoms with E-state index >= 15 is 0 Å². The number of ether oxygens (including phenoxy) is 1. The van der Waals surface area contributed by atoms with E-state index in [1.54, 1.807) is 0 Å². The number of likely N-dealkylation sites (tertiary alicyclic amines) is 1. The fraction of sp³-hybridized carbons (Fsp3) is 0.522. The number of carbonyl (C=O) groups is 2. The Bertz CT molecular complexity index is 994. The molecule has 1 fully saturated rings.